The summed E-state index contributed by atoms with van der Waals surface area (Å²) in [7, 11) is 0. The summed E-state index contributed by atoms with van der Waals surface area (Å²) in [4.78, 5) is 14.2. The maximum absolute atomic E-state index is 11.7. The third kappa shape index (κ3) is 6.71. The summed E-state index contributed by atoms with van der Waals surface area (Å²) in [5.41, 5.74) is -0.395. The summed E-state index contributed by atoms with van der Waals surface area (Å²) in [6, 6.07) is 0.381. The van der Waals surface area contributed by atoms with Gasteiger partial charge in [-0.05, 0) is 72.5 Å². The van der Waals surface area contributed by atoms with Crippen molar-refractivity contribution in [3.63, 3.8) is 0 Å². The Labute approximate surface area is 124 Å². The lowest BCUT2D eigenvalue weighted by Gasteiger charge is -2.35. The van der Waals surface area contributed by atoms with E-state index in [0.29, 0.717) is 18.5 Å². The summed E-state index contributed by atoms with van der Waals surface area (Å²) in [6.45, 7) is 14.0. The summed E-state index contributed by atoms with van der Waals surface area (Å²) in [6.07, 6.45) is 3.68. The molecule has 0 radical (unpaired) electrons. The van der Waals surface area contributed by atoms with Gasteiger partial charge in [-0.25, -0.2) is 0 Å². The minimum atomic E-state index is -0.395. The van der Waals surface area contributed by atoms with E-state index in [1.165, 1.54) is 38.9 Å². The number of ether oxygens (including phenoxy) is 1. The number of nitrogens with one attached hydrogen (secondary N) is 1. The molecule has 0 saturated carbocycles. The quantitative estimate of drug-likeness (QED) is 0.761. The fourth-order valence-corrected chi connectivity index (χ4v) is 2.78. The molecule has 0 aromatic carbocycles. The molecule has 1 atom stereocenters. The van der Waals surface area contributed by atoms with Gasteiger partial charge in [0.15, 0.2) is 0 Å². The molecule has 1 N–H and O–H groups in total. The molecule has 1 saturated heterocycles. The van der Waals surface area contributed by atoms with E-state index in [0.717, 1.165) is 0 Å². The molecule has 1 unspecified atom stereocenters. The molecule has 1 rings (SSSR count). The highest BCUT2D eigenvalue weighted by Crippen LogP contribution is 2.20. The van der Waals surface area contributed by atoms with Crippen molar-refractivity contribution in [2.24, 2.45) is 5.92 Å². The van der Waals surface area contributed by atoms with Crippen LogP contribution in [0.1, 0.15) is 53.9 Å². The normalized spacial score (nSPS) is 19.9. The lowest BCUT2D eigenvalue weighted by atomic mass is 9.90. The molecule has 0 aromatic rings. The average molecular weight is 284 g/mol. The minimum Gasteiger partial charge on any atom is -0.459 e. The SMILES string of the molecule is CCCN1CCC(C(C)NCC(=O)OC(C)(C)C)CC1. The van der Waals surface area contributed by atoms with Crippen LogP contribution in [-0.2, 0) is 9.53 Å². The zero-order valence-electron chi connectivity index (χ0n) is 13.9. The Morgan fingerprint density at radius 2 is 1.95 bits per heavy atom. The zero-order valence-corrected chi connectivity index (χ0v) is 13.9. The molecule has 0 bridgehead atoms. The van der Waals surface area contributed by atoms with E-state index in [4.69, 9.17) is 4.74 Å². The van der Waals surface area contributed by atoms with Crippen LogP contribution in [0.2, 0.25) is 0 Å². The summed E-state index contributed by atoms with van der Waals surface area (Å²) in [5.74, 6) is 0.512. The number of rotatable bonds is 6. The van der Waals surface area contributed by atoms with Gasteiger partial charge in [0.1, 0.15) is 5.60 Å². The second-order valence-electron chi connectivity index (χ2n) is 6.94. The zero-order chi connectivity index (χ0) is 15.2. The highest BCUT2D eigenvalue weighted by atomic mass is 16.6. The minimum absolute atomic E-state index is 0.159. The molecule has 0 aliphatic carbocycles. The van der Waals surface area contributed by atoms with Gasteiger partial charge in [0.2, 0.25) is 0 Å². The van der Waals surface area contributed by atoms with E-state index < -0.39 is 5.60 Å². The molecule has 20 heavy (non-hydrogen) atoms. The van der Waals surface area contributed by atoms with Gasteiger partial charge in [-0.3, -0.25) is 4.79 Å². The second kappa shape index (κ2) is 7.99. The smallest absolute Gasteiger partial charge is 0.320 e. The Morgan fingerprint density at radius 3 is 2.45 bits per heavy atom. The summed E-state index contributed by atoms with van der Waals surface area (Å²) >= 11 is 0. The van der Waals surface area contributed by atoms with Crippen molar-refractivity contribution < 1.29 is 9.53 Å². The molecular formula is C16H32N2O2. The fraction of sp³-hybridized carbons (Fsp3) is 0.938. The molecule has 1 aliphatic heterocycles. The number of carbonyl (C=O) groups excluding carboxylic acids is 1. The lowest BCUT2D eigenvalue weighted by Crippen LogP contribution is -2.44. The van der Waals surface area contributed by atoms with Crippen molar-refractivity contribution >= 4 is 5.97 Å². The summed E-state index contributed by atoms with van der Waals surface area (Å²) < 4.78 is 5.31. The van der Waals surface area contributed by atoms with Crippen LogP contribution < -0.4 is 5.32 Å². The standard InChI is InChI=1S/C16H32N2O2/c1-6-9-18-10-7-14(8-11-18)13(2)17-12-15(19)20-16(3,4)5/h13-14,17H,6-12H2,1-5H3. The van der Waals surface area contributed by atoms with Gasteiger partial charge in [0.25, 0.3) is 0 Å². The van der Waals surface area contributed by atoms with Gasteiger partial charge in [-0.2, -0.15) is 0 Å². The highest BCUT2D eigenvalue weighted by Gasteiger charge is 2.24. The van der Waals surface area contributed by atoms with Crippen molar-refractivity contribution in [2.45, 2.75) is 65.5 Å². The number of hydrogen-bond acceptors (Lipinski definition) is 4. The van der Waals surface area contributed by atoms with Crippen molar-refractivity contribution in [3.8, 4) is 0 Å². The molecular weight excluding hydrogens is 252 g/mol. The second-order valence-corrected chi connectivity index (χ2v) is 6.94. The van der Waals surface area contributed by atoms with Crippen LogP contribution in [-0.4, -0.2) is 48.7 Å². The first-order valence-corrected chi connectivity index (χ1v) is 7.99. The van der Waals surface area contributed by atoms with Crippen LogP contribution in [0.4, 0.5) is 0 Å². The number of hydrogen-bond donors (Lipinski definition) is 1. The van der Waals surface area contributed by atoms with Crippen LogP contribution in [0.3, 0.4) is 0 Å². The Kier molecular flexibility index (Phi) is 6.96. The Hall–Kier alpha value is -0.610. The van der Waals surface area contributed by atoms with Crippen LogP contribution in [0.25, 0.3) is 0 Å². The first-order chi connectivity index (χ1) is 9.31. The topological polar surface area (TPSA) is 41.6 Å². The average Bonchev–Trinajstić information content (AvgIpc) is 2.35. The van der Waals surface area contributed by atoms with E-state index >= 15 is 0 Å². The molecule has 0 aromatic heterocycles. The van der Waals surface area contributed by atoms with E-state index in [2.05, 4.69) is 24.1 Å². The third-order valence-electron chi connectivity index (χ3n) is 3.87. The van der Waals surface area contributed by atoms with Crippen molar-refractivity contribution in [1.82, 2.24) is 10.2 Å². The molecule has 1 aliphatic rings. The first-order valence-electron chi connectivity index (χ1n) is 7.99. The van der Waals surface area contributed by atoms with Crippen LogP contribution >= 0.6 is 0 Å². The van der Waals surface area contributed by atoms with Gasteiger partial charge in [0.05, 0.1) is 6.54 Å². The van der Waals surface area contributed by atoms with E-state index in [1.54, 1.807) is 0 Å². The Bertz CT molecular complexity index is 291. The molecule has 1 heterocycles. The van der Waals surface area contributed by atoms with Crippen molar-refractivity contribution in [3.05, 3.63) is 0 Å². The number of piperidine rings is 1. The van der Waals surface area contributed by atoms with Crippen LogP contribution in [0, 0.1) is 5.92 Å². The molecule has 4 heteroatoms. The number of nitrogens with zero attached hydrogens (tertiary/aromatic N) is 1. The Balaban J connectivity index is 2.23. The molecule has 1 fully saturated rings. The van der Waals surface area contributed by atoms with Crippen molar-refractivity contribution in [2.75, 3.05) is 26.2 Å². The molecule has 118 valence electrons. The van der Waals surface area contributed by atoms with E-state index in [-0.39, 0.29) is 5.97 Å². The molecule has 0 amide bonds. The van der Waals surface area contributed by atoms with Crippen LogP contribution in [0.5, 0.6) is 0 Å². The number of carbonyl (C=O) groups is 1. The number of esters is 1. The fourth-order valence-electron chi connectivity index (χ4n) is 2.78. The summed E-state index contributed by atoms with van der Waals surface area (Å²) in [5, 5.41) is 3.33. The predicted molar refractivity (Wildman–Crippen MR) is 82.8 cm³/mol. The van der Waals surface area contributed by atoms with E-state index in [9.17, 15) is 4.79 Å². The highest BCUT2D eigenvalue weighted by molar-refractivity contribution is 5.72. The van der Waals surface area contributed by atoms with Crippen molar-refractivity contribution in [1.29, 1.82) is 0 Å². The Morgan fingerprint density at radius 1 is 1.35 bits per heavy atom. The monoisotopic (exact) mass is 284 g/mol. The van der Waals surface area contributed by atoms with Gasteiger partial charge < -0.3 is 15.0 Å². The predicted octanol–water partition coefficient (Wildman–Crippen LogP) is 2.43. The van der Waals surface area contributed by atoms with Gasteiger partial charge in [0, 0.05) is 6.04 Å². The maximum Gasteiger partial charge on any atom is 0.320 e. The van der Waals surface area contributed by atoms with Gasteiger partial charge >= 0.3 is 5.97 Å². The third-order valence-corrected chi connectivity index (χ3v) is 3.87. The number of likely N-dealkylation sites (tertiary alicyclic amines) is 1. The molecule has 0 spiro atoms. The maximum atomic E-state index is 11.7. The van der Waals surface area contributed by atoms with Gasteiger partial charge in [-0.1, -0.05) is 6.92 Å². The first kappa shape index (κ1) is 17.4. The molecule has 4 nitrogen and oxygen atoms in total. The van der Waals surface area contributed by atoms with Gasteiger partial charge in [-0.15, -0.1) is 0 Å². The lowest BCUT2D eigenvalue weighted by molar-refractivity contribution is -0.153. The largest absolute Gasteiger partial charge is 0.459 e. The van der Waals surface area contributed by atoms with Crippen LogP contribution in [0.15, 0.2) is 0 Å². The van der Waals surface area contributed by atoms with E-state index in [1.807, 2.05) is 20.8 Å².